The lowest BCUT2D eigenvalue weighted by Crippen LogP contribution is -2.36. The van der Waals surface area contributed by atoms with Crippen molar-refractivity contribution in [3.05, 3.63) is 74.1 Å². The van der Waals surface area contributed by atoms with Crippen LogP contribution in [0, 0.1) is 20.2 Å². The number of nitrogens with zero attached hydrogens (tertiary/aromatic N) is 9. The van der Waals surface area contributed by atoms with Crippen molar-refractivity contribution in [3.8, 4) is 0 Å². The molecule has 208 valence electrons. The molecule has 16 nitrogen and oxygen atoms in total. The Kier molecular flexibility index (Phi) is 8.17. The quantitative estimate of drug-likeness (QED) is 0.234. The van der Waals surface area contributed by atoms with Gasteiger partial charge in [0.1, 0.15) is 17.7 Å². The first-order valence-corrected chi connectivity index (χ1v) is 12.5. The van der Waals surface area contributed by atoms with Crippen LogP contribution in [0.25, 0.3) is 0 Å². The van der Waals surface area contributed by atoms with Gasteiger partial charge in [-0.1, -0.05) is 12.1 Å². The Morgan fingerprint density at radius 3 is 1.88 bits per heavy atom. The van der Waals surface area contributed by atoms with Crippen LogP contribution in [-0.2, 0) is 9.47 Å². The van der Waals surface area contributed by atoms with Crippen molar-refractivity contribution in [1.82, 2.24) is 14.9 Å². The number of nitro benzene ring substituents is 2. The van der Waals surface area contributed by atoms with E-state index in [-0.39, 0.29) is 17.3 Å². The van der Waals surface area contributed by atoms with Crippen LogP contribution >= 0.6 is 0 Å². The summed E-state index contributed by atoms with van der Waals surface area (Å²) in [6.45, 7) is 4.39. The fraction of sp³-hybridized carbons (Fsp3) is 0.333. The van der Waals surface area contributed by atoms with Crippen molar-refractivity contribution >= 4 is 41.1 Å². The lowest BCUT2D eigenvalue weighted by molar-refractivity contribution is -0.384. The van der Waals surface area contributed by atoms with Crippen LogP contribution in [0.5, 0.6) is 0 Å². The van der Waals surface area contributed by atoms with Crippen molar-refractivity contribution in [2.24, 2.45) is 10.2 Å². The Morgan fingerprint density at radius 2 is 1.35 bits per heavy atom. The highest BCUT2D eigenvalue weighted by Crippen LogP contribution is 2.30. The summed E-state index contributed by atoms with van der Waals surface area (Å²) in [5.41, 5.74) is 4.76. The summed E-state index contributed by atoms with van der Waals surface area (Å²) in [7, 11) is 0. The summed E-state index contributed by atoms with van der Waals surface area (Å²) in [6, 6.07) is 9.78. The lowest BCUT2D eigenvalue weighted by atomic mass is 10.1. The largest absolute Gasteiger partial charge is 0.378 e. The molecule has 0 bridgehead atoms. The van der Waals surface area contributed by atoms with Gasteiger partial charge in [-0.25, -0.2) is 5.43 Å². The molecule has 0 spiro atoms. The van der Waals surface area contributed by atoms with E-state index in [0.29, 0.717) is 75.1 Å². The highest BCUT2D eigenvalue weighted by Gasteiger charge is 2.23. The smallest absolute Gasteiger partial charge is 0.293 e. The molecule has 0 unspecified atom stereocenters. The van der Waals surface area contributed by atoms with E-state index in [1.54, 1.807) is 24.3 Å². The number of hydrazone groups is 1. The Balaban J connectivity index is 1.27. The molecule has 0 atom stereocenters. The summed E-state index contributed by atoms with van der Waals surface area (Å²) in [5.74, 6) is 0.173. The molecule has 5 rings (SSSR count). The fourth-order valence-corrected chi connectivity index (χ4v) is 4.36. The van der Waals surface area contributed by atoms with Crippen LogP contribution in [-0.4, -0.2) is 89.8 Å². The summed E-state index contributed by atoms with van der Waals surface area (Å²) in [6.07, 6.45) is 4.21. The molecule has 40 heavy (non-hydrogen) atoms. The average molecular weight is 551 g/mol. The number of aromatic nitrogens is 3. The van der Waals surface area contributed by atoms with E-state index in [1.165, 1.54) is 35.6 Å². The Morgan fingerprint density at radius 1 is 0.825 bits per heavy atom. The minimum absolute atomic E-state index is 0.0210. The molecule has 1 N–H and O–H groups in total. The average Bonchev–Trinajstić information content (AvgIpc) is 3.44. The molecule has 0 radical (unpaired) electrons. The molecule has 2 aliphatic rings. The third-order valence-corrected chi connectivity index (χ3v) is 6.34. The van der Waals surface area contributed by atoms with Gasteiger partial charge in [-0.15, -0.1) is 10.2 Å². The van der Waals surface area contributed by atoms with Crippen LogP contribution in [0.4, 0.5) is 28.7 Å². The molecule has 2 saturated heterocycles. The number of rotatable bonds is 9. The maximum absolute atomic E-state index is 11.7. The van der Waals surface area contributed by atoms with Gasteiger partial charge in [-0.05, 0) is 12.1 Å². The Hall–Kier alpha value is -4.96. The molecular weight excluding hydrogens is 524 g/mol. The van der Waals surface area contributed by atoms with Crippen molar-refractivity contribution < 1.29 is 19.3 Å². The highest BCUT2D eigenvalue weighted by molar-refractivity contribution is 5.84. The van der Waals surface area contributed by atoms with Gasteiger partial charge in [0.05, 0.1) is 48.7 Å². The molecule has 0 aliphatic carbocycles. The number of hydrogen-bond acceptors (Lipinski definition) is 13. The van der Waals surface area contributed by atoms with Crippen LogP contribution in [0.1, 0.15) is 11.1 Å². The van der Waals surface area contributed by atoms with Crippen LogP contribution in [0.2, 0.25) is 0 Å². The van der Waals surface area contributed by atoms with E-state index in [0.717, 1.165) is 0 Å². The first kappa shape index (κ1) is 26.6. The normalized spacial score (nSPS) is 16.1. The molecule has 3 heterocycles. The van der Waals surface area contributed by atoms with E-state index in [9.17, 15) is 20.2 Å². The van der Waals surface area contributed by atoms with Gasteiger partial charge < -0.3 is 19.3 Å². The third kappa shape index (κ3) is 6.19. The lowest BCUT2D eigenvalue weighted by Gasteiger charge is -2.28. The van der Waals surface area contributed by atoms with Crippen LogP contribution in [0.3, 0.4) is 0 Å². The van der Waals surface area contributed by atoms with Crippen molar-refractivity contribution in [2.45, 2.75) is 0 Å². The standard InChI is InChI=1S/C24H26N10O6/c35-33(36)22-13-18(1-3-20(22)30-5-9-39-10-6-30)15-25-28-24-29-26-17-32(24)27-16-19-2-4-21(23(14-19)34(37)38)31-7-11-40-12-8-31/h1-4,13-17H,5-12H2,(H,28,29)/b25-15+,27-16+. The predicted molar refractivity (Wildman–Crippen MR) is 146 cm³/mol. The minimum Gasteiger partial charge on any atom is -0.378 e. The monoisotopic (exact) mass is 550 g/mol. The zero-order chi connectivity index (χ0) is 27.9. The molecule has 2 fully saturated rings. The van der Waals surface area contributed by atoms with E-state index < -0.39 is 9.85 Å². The predicted octanol–water partition coefficient (Wildman–Crippen LogP) is 2.10. The first-order chi connectivity index (χ1) is 19.5. The third-order valence-electron chi connectivity index (χ3n) is 6.34. The van der Waals surface area contributed by atoms with Gasteiger partial charge in [-0.3, -0.25) is 20.2 Å². The maximum atomic E-state index is 11.7. The number of ether oxygens (including phenoxy) is 2. The number of nitrogens with one attached hydrogen (secondary N) is 1. The molecule has 2 aromatic carbocycles. The van der Waals surface area contributed by atoms with Crippen molar-refractivity contribution in [1.29, 1.82) is 0 Å². The summed E-state index contributed by atoms with van der Waals surface area (Å²) in [5, 5.41) is 39.5. The number of nitro groups is 2. The Labute approximate surface area is 227 Å². The van der Waals surface area contributed by atoms with Crippen molar-refractivity contribution in [3.63, 3.8) is 0 Å². The molecule has 2 aliphatic heterocycles. The summed E-state index contributed by atoms with van der Waals surface area (Å²) < 4.78 is 12.0. The maximum Gasteiger partial charge on any atom is 0.293 e. The molecule has 3 aromatic rings. The zero-order valence-corrected chi connectivity index (χ0v) is 21.3. The van der Waals surface area contributed by atoms with E-state index in [1.807, 2.05) is 9.80 Å². The van der Waals surface area contributed by atoms with Gasteiger partial charge in [0.25, 0.3) is 17.3 Å². The zero-order valence-electron chi connectivity index (χ0n) is 21.3. The Bertz CT molecular complexity index is 1430. The van der Waals surface area contributed by atoms with Crippen LogP contribution in [0.15, 0.2) is 52.9 Å². The number of morpholine rings is 2. The van der Waals surface area contributed by atoms with Gasteiger partial charge in [0.2, 0.25) is 0 Å². The summed E-state index contributed by atoms with van der Waals surface area (Å²) in [4.78, 5) is 26.4. The minimum atomic E-state index is -0.418. The summed E-state index contributed by atoms with van der Waals surface area (Å²) >= 11 is 0. The SMILES string of the molecule is O=[N+]([O-])c1cc(/C=N/Nc2nncn2/N=C/c2ccc(N3CCOCC3)c([N+](=O)[O-])c2)ccc1N1CCOCC1. The highest BCUT2D eigenvalue weighted by atomic mass is 16.6. The van der Waals surface area contributed by atoms with Gasteiger partial charge in [0.15, 0.2) is 0 Å². The molecule has 0 amide bonds. The van der Waals surface area contributed by atoms with E-state index in [2.05, 4.69) is 25.8 Å². The number of hydrogen-bond donors (Lipinski definition) is 1. The second-order valence-corrected chi connectivity index (χ2v) is 8.82. The second-order valence-electron chi connectivity index (χ2n) is 8.82. The number of anilines is 3. The molecule has 1 aromatic heterocycles. The van der Waals surface area contributed by atoms with Gasteiger partial charge >= 0.3 is 0 Å². The molecular formula is C24H26N10O6. The topological polar surface area (TPSA) is 179 Å². The van der Waals surface area contributed by atoms with E-state index >= 15 is 0 Å². The molecule has 0 saturated carbocycles. The second kappa shape index (κ2) is 12.3. The fourth-order valence-electron chi connectivity index (χ4n) is 4.36. The van der Waals surface area contributed by atoms with Crippen LogP contribution < -0.4 is 15.2 Å². The number of benzene rings is 2. The van der Waals surface area contributed by atoms with Crippen molar-refractivity contribution in [2.75, 3.05) is 67.8 Å². The first-order valence-electron chi connectivity index (χ1n) is 12.5. The van der Waals surface area contributed by atoms with Gasteiger partial charge in [0, 0.05) is 49.4 Å². The van der Waals surface area contributed by atoms with Gasteiger partial charge in [-0.2, -0.15) is 14.9 Å². The molecule has 16 heteroatoms. The van der Waals surface area contributed by atoms with E-state index in [4.69, 9.17) is 9.47 Å².